The Morgan fingerprint density at radius 3 is 1.11 bits per heavy atom. The summed E-state index contributed by atoms with van der Waals surface area (Å²) in [5.74, 6) is 0. The first-order valence-electron chi connectivity index (χ1n) is 27.1. The zero-order valence-corrected chi connectivity index (χ0v) is 43.3. The third-order valence-electron chi connectivity index (χ3n) is 15.9. The summed E-state index contributed by atoms with van der Waals surface area (Å²) in [5, 5.41) is 12.1. The van der Waals surface area contributed by atoms with E-state index in [1.807, 2.05) is 0 Å². The maximum Gasteiger partial charge on any atom is 0.0547 e. The van der Waals surface area contributed by atoms with Crippen molar-refractivity contribution in [2.75, 3.05) is 9.80 Å². The molecular weight excluding hydrogens is 955 g/mol. The van der Waals surface area contributed by atoms with E-state index in [9.17, 15) is 0 Å². The van der Waals surface area contributed by atoms with E-state index in [1.165, 1.54) is 98.3 Å². The molecule has 1 aromatic heterocycles. The number of aromatic nitrogens is 1. The summed E-state index contributed by atoms with van der Waals surface area (Å²) in [6, 6.07) is 113. The molecule has 15 rings (SSSR count). The number of hydrogen-bond donors (Lipinski definition) is 0. The fourth-order valence-corrected chi connectivity index (χ4v) is 12.2. The van der Waals surface area contributed by atoms with Gasteiger partial charge in [0, 0.05) is 50.6 Å². The summed E-state index contributed by atoms with van der Waals surface area (Å²) in [5.41, 5.74) is 17.2. The first-order chi connectivity index (χ1) is 39.2. The van der Waals surface area contributed by atoms with Crippen molar-refractivity contribution in [1.82, 2.24) is 4.57 Å². The predicted octanol–water partition coefficient (Wildman–Crippen LogP) is 21.3. The van der Waals surface area contributed by atoms with Gasteiger partial charge in [-0.15, -0.1) is 0 Å². The van der Waals surface area contributed by atoms with Crippen LogP contribution in [0.5, 0.6) is 0 Å². The van der Waals surface area contributed by atoms with Crippen molar-refractivity contribution in [2.24, 2.45) is 0 Å². The molecule has 0 fully saturated rings. The predicted molar refractivity (Wildman–Crippen MR) is 336 cm³/mol. The van der Waals surface area contributed by atoms with Gasteiger partial charge >= 0.3 is 0 Å². The Morgan fingerprint density at radius 1 is 0.203 bits per heavy atom. The van der Waals surface area contributed by atoms with Gasteiger partial charge in [0.2, 0.25) is 0 Å². The molecule has 79 heavy (non-hydrogen) atoms. The lowest BCUT2D eigenvalue weighted by Crippen LogP contribution is -2.10. The number of hydrogen-bond acceptors (Lipinski definition) is 2. The van der Waals surface area contributed by atoms with Crippen LogP contribution in [0, 0.1) is 0 Å². The number of para-hydroxylation sites is 4. The average Bonchev–Trinajstić information content (AvgIpc) is 4.03. The van der Waals surface area contributed by atoms with Crippen LogP contribution in [0.3, 0.4) is 0 Å². The van der Waals surface area contributed by atoms with Gasteiger partial charge in [-0.25, -0.2) is 0 Å². The molecule has 0 aliphatic heterocycles. The molecule has 0 N–H and O–H groups in total. The molecule has 0 amide bonds. The van der Waals surface area contributed by atoms with Crippen molar-refractivity contribution in [3.8, 4) is 39.1 Å². The van der Waals surface area contributed by atoms with Gasteiger partial charge in [0.15, 0.2) is 0 Å². The van der Waals surface area contributed by atoms with Crippen LogP contribution in [0.4, 0.5) is 34.1 Å². The summed E-state index contributed by atoms with van der Waals surface area (Å²) in [6.45, 7) is 0. The summed E-state index contributed by atoms with van der Waals surface area (Å²) in [4.78, 5) is 4.74. The van der Waals surface area contributed by atoms with Gasteiger partial charge in [0.25, 0.3) is 0 Å². The van der Waals surface area contributed by atoms with Gasteiger partial charge in [0.05, 0.1) is 11.0 Å². The number of rotatable bonds is 10. The monoisotopic (exact) mass is 1010 g/mol. The lowest BCUT2D eigenvalue weighted by molar-refractivity contribution is 1.18. The van der Waals surface area contributed by atoms with Crippen molar-refractivity contribution < 1.29 is 0 Å². The van der Waals surface area contributed by atoms with Crippen molar-refractivity contribution in [2.45, 2.75) is 0 Å². The Hall–Kier alpha value is -10.5. The van der Waals surface area contributed by atoms with Gasteiger partial charge in [-0.05, 0) is 198 Å². The number of nitrogens with zero attached hydrogens (tertiary/aromatic N) is 3. The lowest BCUT2D eigenvalue weighted by atomic mass is 9.90. The summed E-state index contributed by atoms with van der Waals surface area (Å²) >= 11 is 0. The molecular formula is C76H51N3. The molecule has 370 valence electrons. The molecule has 0 bridgehead atoms. The maximum atomic E-state index is 2.50. The number of benzene rings is 14. The molecule has 14 aromatic carbocycles. The molecule has 0 unspecified atom stereocenters. The van der Waals surface area contributed by atoms with E-state index in [-0.39, 0.29) is 0 Å². The van der Waals surface area contributed by atoms with Gasteiger partial charge in [0.1, 0.15) is 0 Å². The van der Waals surface area contributed by atoms with Crippen LogP contribution in [0.1, 0.15) is 0 Å². The van der Waals surface area contributed by atoms with Crippen molar-refractivity contribution >= 4 is 99.0 Å². The van der Waals surface area contributed by atoms with Crippen LogP contribution in [-0.4, -0.2) is 4.57 Å². The van der Waals surface area contributed by atoms with Gasteiger partial charge in [-0.3, -0.25) is 0 Å². The fourth-order valence-electron chi connectivity index (χ4n) is 12.2. The van der Waals surface area contributed by atoms with Crippen LogP contribution in [-0.2, 0) is 0 Å². The maximum absolute atomic E-state index is 2.50. The molecule has 15 aromatic rings. The zero-order chi connectivity index (χ0) is 52.2. The quantitative estimate of drug-likeness (QED) is 0.0999. The molecule has 3 nitrogen and oxygen atoms in total. The van der Waals surface area contributed by atoms with E-state index >= 15 is 0 Å². The summed E-state index contributed by atoms with van der Waals surface area (Å²) < 4.78 is 2.46. The lowest BCUT2D eigenvalue weighted by Gasteiger charge is -2.27. The van der Waals surface area contributed by atoms with Gasteiger partial charge in [-0.1, -0.05) is 188 Å². The molecule has 0 spiro atoms. The van der Waals surface area contributed by atoms with Crippen LogP contribution in [0.25, 0.3) is 104 Å². The van der Waals surface area contributed by atoms with Gasteiger partial charge in [-0.2, -0.15) is 0 Å². The minimum absolute atomic E-state index is 1.09. The number of fused-ring (bicyclic) bond motifs is 11. The Kier molecular flexibility index (Phi) is 11.2. The second-order valence-electron chi connectivity index (χ2n) is 20.5. The smallest absolute Gasteiger partial charge is 0.0547 e. The highest BCUT2D eigenvalue weighted by Gasteiger charge is 2.22. The summed E-state index contributed by atoms with van der Waals surface area (Å²) in [6.07, 6.45) is 0. The second-order valence-corrected chi connectivity index (χ2v) is 20.5. The third kappa shape index (κ3) is 8.07. The fraction of sp³-hybridized carbons (Fsp3) is 0. The average molecular weight is 1010 g/mol. The topological polar surface area (TPSA) is 11.4 Å². The Labute approximate surface area is 459 Å². The van der Waals surface area contributed by atoms with E-state index < -0.39 is 0 Å². The van der Waals surface area contributed by atoms with E-state index in [0.29, 0.717) is 0 Å². The SMILES string of the molecule is c1ccc(-c2ccc(-n3c4ccc(-c5cccc(-c6ccccc6)c5)cc4c4c5cc6c7ccc(N(c8ccccc8)c8ccccc8)cc7c7cc(N(c8ccccc8)c8ccccc8)ccc7c6cc5ccc43)cc2)cc1. The standard InChI is InChI=1S/C76H51N3/c1-7-20-52(21-8-1)54-34-38-63(39-35-54)79-74-44-36-57(56-25-19-24-55(46-56)53-22-9-2-10-23-53)47-73(74)76-68-51-72-67-43-41-65(78(61-30-15-5-16-31-61)62-32-17-6-18-33-62)50-71(67)70-49-64(40-42-66(70)69(72)48-58(68)37-45-75(76)79)77(59-26-11-3-12-27-59)60-28-13-4-14-29-60/h1-51H. The van der Waals surface area contributed by atoms with Crippen LogP contribution in [0.2, 0.25) is 0 Å². The second kappa shape index (κ2) is 19.3. The Balaban J connectivity index is 1.01. The molecule has 0 aliphatic rings. The van der Waals surface area contributed by atoms with Crippen LogP contribution < -0.4 is 9.80 Å². The van der Waals surface area contributed by atoms with Crippen molar-refractivity contribution in [3.05, 3.63) is 309 Å². The molecule has 3 heteroatoms. The minimum atomic E-state index is 1.09. The van der Waals surface area contributed by atoms with Crippen molar-refractivity contribution in [1.29, 1.82) is 0 Å². The van der Waals surface area contributed by atoms with Crippen molar-refractivity contribution in [3.63, 3.8) is 0 Å². The third-order valence-corrected chi connectivity index (χ3v) is 15.9. The largest absolute Gasteiger partial charge is 0.310 e. The highest BCUT2D eigenvalue weighted by atomic mass is 15.1. The van der Waals surface area contributed by atoms with Crippen LogP contribution >= 0.6 is 0 Å². The normalized spacial score (nSPS) is 11.5. The highest BCUT2D eigenvalue weighted by Crippen LogP contribution is 2.47. The molecule has 0 saturated carbocycles. The van der Waals surface area contributed by atoms with Gasteiger partial charge < -0.3 is 14.4 Å². The first-order valence-corrected chi connectivity index (χ1v) is 27.1. The highest BCUT2D eigenvalue weighted by molar-refractivity contribution is 6.31. The Morgan fingerprint density at radius 2 is 0.595 bits per heavy atom. The zero-order valence-electron chi connectivity index (χ0n) is 43.3. The number of anilines is 6. The van der Waals surface area contributed by atoms with E-state index in [2.05, 4.69) is 324 Å². The minimum Gasteiger partial charge on any atom is -0.310 e. The van der Waals surface area contributed by atoms with E-state index in [4.69, 9.17) is 0 Å². The molecule has 0 saturated heterocycles. The summed E-state index contributed by atoms with van der Waals surface area (Å²) in [7, 11) is 0. The first kappa shape index (κ1) is 45.9. The van der Waals surface area contributed by atoms with E-state index in [0.717, 1.165) is 39.8 Å². The van der Waals surface area contributed by atoms with Crippen LogP contribution in [0.15, 0.2) is 309 Å². The molecule has 0 aliphatic carbocycles. The molecule has 0 atom stereocenters. The Bertz CT molecular complexity index is 4650. The van der Waals surface area contributed by atoms with E-state index in [1.54, 1.807) is 0 Å². The molecule has 0 radical (unpaired) electrons. The molecule has 1 heterocycles.